The summed E-state index contributed by atoms with van der Waals surface area (Å²) in [6, 6.07) is 4.72. The average Bonchev–Trinajstić information content (AvgIpc) is 2.34. The third kappa shape index (κ3) is 4.69. The Labute approximate surface area is 129 Å². The van der Waals surface area contributed by atoms with Crippen LogP contribution in [0.2, 0.25) is 10.0 Å². The van der Waals surface area contributed by atoms with Crippen molar-refractivity contribution in [3.63, 3.8) is 0 Å². The smallest absolute Gasteiger partial charge is 0.255 e. The first-order valence-electron chi connectivity index (χ1n) is 6.38. The summed E-state index contributed by atoms with van der Waals surface area (Å²) in [7, 11) is 0. The molecule has 0 atom stereocenters. The van der Waals surface area contributed by atoms with Crippen LogP contribution >= 0.6 is 23.2 Å². The molecule has 1 aromatic carbocycles. The van der Waals surface area contributed by atoms with Crippen LogP contribution in [0.3, 0.4) is 0 Å². The fraction of sp³-hybridized carbons (Fsp3) is 0.429. The Morgan fingerprint density at radius 2 is 1.95 bits per heavy atom. The predicted octanol–water partition coefficient (Wildman–Crippen LogP) is 2.98. The molecular weight excluding hydrogens is 299 g/mol. The number of halogens is 2. The molecule has 0 radical (unpaired) electrons. The van der Waals surface area contributed by atoms with Gasteiger partial charge in [0.05, 0.1) is 17.1 Å². The zero-order valence-electron chi connectivity index (χ0n) is 11.7. The molecule has 0 aliphatic rings. The first kappa shape index (κ1) is 16.8. The Balaban J connectivity index is 2.84. The van der Waals surface area contributed by atoms with Crippen molar-refractivity contribution in [1.82, 2.24) is 10.2 Å². The van der Waals surface area contributed by atoms with E-state index in [1.165, 1.54) is 11.0 Å². The van der Waals surface area contributed by atoms with Crippen LogP contribution in [0.4, 0.5) is 0 Å². The van der Waals surface area contributed by atoms with Gasteiger partial charge < -0.3 is 10.2 Å². The molecule has 4 nitrogen and oxygen atoms in total. The molecule has 0 fully saturated rings. The van der Waals surface area contributed by atoms with Crippen LogP contribution in [0.5, 0.6) is 0 Å². The van der Waals surface area contributed by atoms with Gasteiger partial charge in [-0.25, -0.2) is 0 Å². The molecule has 0 aliphatic carbocycles. The van der Waals surface area contributed by atoms with Crippen LogP contribution < -0.4 is 5.32 Å². The summed E-state index contributed by atoms with van der Waals surface area (Å²) in [5, 5.41) is 3.50. The molecule has 0 saturated carbocycles. The fourth-order valence-electron chi connectivity index (χ4n) is 1.70. The number of nitrogens with zero attached hydrogens (tertiary/aromatic N) is 1. The van der Waals surface area contributed by atoms with Crippen molar-refractivity contribution in [2.45, 2.75) is 26.8 Å². The van der Waals surface area contributed by atoms with Gasteiger partial charge in [0.25, 0.3) is 5.91 Å². The third-order valence-electron chi connectivity index (χ3n) is 2.61. The highest BCUT2D eigenvalue weighted by Crippen LogP contribution is 2.22. The zero-order chi connectivity index (χ0) is 15.3. The van der Waals surface area contributed by atoms with Gasteiger partial charge in [0.1, 0.15) is 0 Å². The number of nitrogens with one attached hydrogen (secondary N) is 1. The van der Waals surface area contributed by atoms with Crippen molar-refractivity contribution >= 4 is 35.0 Å². The van der Waals surface area contributed by atoms with Crippen molar-refractivity contribution in [3.05, 3.63) is 33.8 Å². The maximum Gasteiger partial charge on any atom is 0.255 e. The van der Waals surface area contributed by atoms with Crippen LogP contribution in [0.15, 0.2) is 18.2 Å². The van der Waals surface area contributed by atoms with Gasteiger partial charge in [0.15, 0.2) is 0 Å². The van der Waals surface area contributed by atoms with Gasteiger partial charge in [-0.15, -0.1) is 0 Å². The van der Waals surface area contributed by atoms with Crippen molar-refractivity contribution < 1.29 is 9.59 Å². The molecule has 1 N–H and O–H groups in total. The quantitative estimate of drug-likeness (QED) is 0.907. The lowest BCUT2D eigenvalue weighted by molar-refractivity contribution is -0.122. The van der Waals surface area contributed by atoms with Gasteiger partial charge in [-0.05, 0) is 39.0 Å². The first-order valence-corrected chi connectivity index (χ1v) is 7.14. The van der Waals surface area contributed by atoms with Crippen LogP contribution in [-0.4, -0.2) is 35.8 Å². The number of likely N-dealkylation sites (N-methyl/N-ethyl adjacent to an activating group) is 1. The van der Waals surface area contributed by atoms with Crippen LogP contribution in [-0.2, 0) is 4.79 Å². The van der Waals surface area contributed by atoms with Crippen molar-refractivity contribution in [3.8, 4) is 0 Å². The van der Waals surface area contributed by atoms with E-state index in [0.717, 1.165) is 0 Å². The first-order chi connectivity index (χ1) is 9.35. The second-order valence-electron chi connectivity index (χ2n) is 4.67. The van der Waals surface area contributed by atoms with E-state index in [-0.39, 0.29) is 29.4 Å². The Morgan fingerprint density at radius 1 is 1.30 bits per heavy atom. The molecule has 2 amide bonds. The molecule has 0 saturated heterocycles. The van der Waals surface area contributed by atoms with Crippen LogP contribution in [0.1, 0.15) is 31.1 Å². The highest BCUT2D eigenvalue weighted by molar-refractivity contribution is 6.36. The summed E-state index contributed by atoms with van der Waals surface area (Å²) >= 11 is 11.8. The van der Waals surface area contributed by atoms with Gasteiger partial charge >= 0.3 is 0 Å². The number of carbonyl (C=O) groups excluding carboxylic acids is 2. The predicted molar refractivity (Wildman–Crippen MR) is 81.3 cm³/mol. The molecule has 0 spiro atoms. The topological polar surface area (TPSA) is 49.4 Å². The molecule has 1 aromatic rings. The second-order valence-corrected chi connectivity index (χ2v) is 5.51. The Hall–Kier alpha value is -1.26. The molecule has 0 heterocycles. The summed E-state index contributed by atoms with van der Waals surface area (Å²) in [5.74, 6) is -0.478. The van der Waals surface area contributed by atoms with Gasteiger partial charge in [0.2, 0.25) is 5.91 Å². The van der Waals surface area contributed by atoms with Gasteiger partial charge in [-0.2, -0.15) is 0 Å². The van der Waals surface area contributed by atoms with Gasteiger partial charge in [0, 0.05) is 17.6 Å². The number of rotatable bonds is 5. The molecule has 0 aromatic heterocycles. The van der Waals surface area contributed by atoms with Crippen molar-refractivity contribution in [1.29, 1.82) is 0 Å². The van der Waals surface area contributed by atoms with Gasteiger partial charge in [-0.3, -0.25) is 9.59 Å². The zero-order valence-corrected chi connectivity index (χ0v) is 13.3. The van der Waals surface area contributed by atoms with Gasteiger partial charge in [-0.1, -0.05) is 23.2 Å². The maximum absolute atomic E-state index is 12.3. The molecule has 0 bridgehead atoms. The van der Waals surface area contributed by atoms with E-state index in [0.29, 0.717) is 17.1 Å². The minimum Gasteiger partial charge on any atom is -0.352 e. The lowest BCUT2D eigenvalue weighted by atomic mass is 10.2. The summed E-state index contributed by atoms with van der Waals surface area (Å²) < 4.78 is 0. The summed E-state index contributed by atoms with van der Waals surface area (Å²) in [5.41, 5.74) is 0.343. The molecule has 110 valence electrons. The summed E-state index contributed by atoms with van der Waals surface area (Å²) in [6.45, 7) is 5.97. The van der Waals surface area contributed by atoms with Crippen molar-refractivity contribution in [2.75, 3.05) is 13.1 Å². The lowest BCUT2D eigenvalue weighted by Crippen LogP contribution is -2.42. The molecule has 6 heteroatoms. The maximum atomic E-state index is 12.3. The van der Waals surface area contributed by atoms with Crippen LogP contribution in [0.25, 0.3) is 0 Å². The monoisotopic (exact) mass is 316 g/mol. The molecule has 20 heavy (non-hydrogen) atoms. The Bertz CT molecular complexity index is 504. The third-order valence-corrected chi connectivity index (χ3v) is 3.16. The van der Waals surface area contributed by atoms with E-state index >= 15 is 0 Å². The van der Waals surface area contributed by atoms with Crippen molar-refractivity contribution in [2.24, 2.45) is 0 Å². The lowest BCUT2D eigenvalue weighted by Gasteiger charge is -2.21. The van der Waals surface area contributed by atoms with Crippen LogP contribution in [0, 0.1) is 0 Å². The number of amides is 2. The Kier molecular flexibility index (Phi) is 6.30. The average molecular weight is 317 g/mol. The number of hydrogen-bond donors (Lipinski definition) is 1. The number of benzene rings is 1. The minimum atomic E-state index is -0.284. The normalized spacial score (nSPS) is 10.5. The van der Waals surface area contributed by atoms with E-state index < -0.39 is 0 Å². The second kappa shape index (κ2) is 7.50. The van der Waals surface area contributed by atoms with E-state index in [9.17, 15) is 9.59 Å². The molecular formula is C14H18Cl2N2O2. The molecule has 0 unspecified atom stereocenters. The highest BCUT2D eigenvalue weighted by Gasteiger charge is 2.19. The van der Waals surface area contributed by atoms with E-state index in [1.807, 2.05) is 20.8 Å². The molecule has 1 rings (SSSR count). The molecule has 0 aliphatic heterocycles. The van der Waals surface area contributed by atoms with E-state index in [4.69, 9.17) is 23.2 Å². The van der Waals surface area contributed by atoms with E-state index in [2.05, 4.69) is 5.32 Å². The van der Waals surface area contributed by atoms with E-state index in [1.54, 1.807) is 12.1 Å². The highest BCUT2D eigenvalue weighted by atomic mass is 35.5. The SMILES string of the molecule is CCN(CC(=O)NC(C)C)C(=O)c1ccc(Cl)cc1Cl. The largest absolute Gasteiger partial charge is 0.352 e. The minimum absolute atomic E-state index is 0.00642. The fourth-order valence-corrected chi connectivity index (χ4v) is 2.19. The summed E-state index contributed by atoms with van der Waals surface area (Å²) in [4.78, 5) is 25.5. The summed E-state index contributed by atoms with van der Waals surface area (Å²) in [6.07, 6.45) is 0. The Morgan fingerprint density at radius 3 is 2.45 bits per heavy atom. The number of hydrogen-bond acceptors (Lipinski definition) is 2. The number of carbonyl (C=O) groups is 2. The standard InChI is InChI=1S/C14H18Cl2N2O2/c1-4-18(8-13(19)17-9(2)3)14(20)11-6-5-10(15)7-12(11)16/h5-7,9H,4,8H2,1-3H3,(H,17,19).